The molecule has 0 spiro atoms. The maximum Gasteiger partial charge on any atom is 0.101 e. The van der Waals surface area contributed by atoms with Gasteiger partial charge in [-0.25, -0.2) is 0 Å². The summed E-state index contributed by atoms with van der Waals surface area (Å²) in [6.07, 6.45) is 1.71. The number of anilines is 1. The maximum absolute atomic E-state index is 8.95. The first-order valence-corrected chi connectivity index (χ1v) is 5.06. The van der Waals surface area contributed by atoms with Gasteiger partial charge >= 0.3 is 0 Å². The average molecular weight is 212 g/mol. The van der Waals surface area contributed by atoms with Gasteiger partial charge in [0.2, 0.25) is 0 Å². The fourth-order valence-corrected chi connectivity index (χ4v) is 1.53. The second-order valence-electron chi connectivity index (χ2n) is 3.54. The van der Waals surface area contributed by atoms with E-state index in [1.807, 2.05) is 31.2 Å². The Morgan fingerprint density at radius 3 is 2.88 bits per heavy atom. The Bertz CT molecular complexity index is 496. The molecule has 2 N–H and O–H groups in total. The molecule has 0 aliphatic heterocycles. The molecule has 1 heterocycles. The summed E-state index contributed by atoms with van der Waals surface area (Å²) >= 11 is 0. The Labute approximate surface area is 93.9 Å². The summed E-state index contributed by atoms with van der Waals surface area (Å²) in [6.45, 7) is 2.02. The summed E-state index contributed by atoms with van der Waals surface area (Å²) in [5, 5.41) is 19.0. The highest BCUT2D eigenvalue weighted by Gasteiger charge is 2.08. The second-order valence-corrected chi connectivity index (χ2v) is 3.54. The lowest BCUT2D eigenvalue weighted by Gasteiger charge is -2.14. The first-order chi connectivity index (χ1) is 7.81. The summed E-state index contributed by atoms with van der Waals surface area (Å²) in [5.74, 6) is 0. The molecule has 2 aromatic rings. The van der Waals surface area contributed by atoms with Crippen LogP contribution in [0.5, 0.6) is 0 Å². The van der Waals surface area contributed by atoms with E-state index < -0.39 is 0 Å². The Morgan fingerprint density at radius 1 is 1.38 bits per heavy atom. The van der Waals surface area contributed by atoms with Crippen molar-refractivity contribution in [2.75, 3.05) is 5.32 Å². The largest absolute Gasteiger partial charge is 0.376 e. The van der Waals surface area contributed by atoms with E-state index in [9.17, 15) is 0 Å². The monoisotopic (exact) mass is 212 g/mol. The van der Waals surface area contributed by atoms with Gasteiger partial charge in [-0.05, 0) is 25.1 Å². The van der Waals surface area contributed by atoms with E-state index in [-0.39, 0.29) is 6.04 Å². The first-order valence-electron chi connectivity index (χ1n) is 5.06. The summed E-state index contributed by atoms with van der Waals surface area (Å²) in [4.78, 5) is 0. The van der Waals surface area contributed by atoms with Gasteiger partial charge in [0.05, 0.1) is 23.0 Å². The lowest BCUT2D eigenvalue weighted by Crippen LogP contribution is -2.08. The van der Waals surface area contributed by atoms with Crippen molar-refractivity contribution < 1.29 is 0 Å². The van der Waals surface area contributed by atoms with E-state index >= 15 is 0 Å². The molecule has 0 amide bonds. The highest BCUT2D eigenvalue weighted by Crippen LogP contribution is 2.20. The van der Waals surface area contributed by atoms with Crippen LogP contribution in [0.25, 0.3) is 0 Å². The number of hydrogen-bond donors (Lipinski definition) is 2. The summed E-state index contributed by atoms with van der Waals surface area (Å²) in [6, 6.07) is 11.6. The van der Waals surface area contributed by atoms with Gasteiger partial charge in [0.25, 0.3) is 0 Å². The molecule has 0 radical (unpaired) electrons. The Kier molecular flexibility index (Phi) is 2.88. The van der Waals surface area contributed by atoms with Crippen LogP contribution < -0.4 is 5.32 Å². The molecule has 0 aliphatic carbocycles. The summed E-state index contributed by atoms with van der Waals surface area (Å²) in [7, 11) is 0. The number of benzene rings is 1. The number of aromatic nitrogens is 2. The Balaban J connectivity index is 2.19. The zero-order valence-corrected chi connectivity index (χ0v) is 8.94. The van der Waals surface area contributed by atoms with Gasteiger partial charge in [-0.3, -0.25) is 5.10 Å². The van der Waals surface area contributed by atoms with E-state index in [0.717, 1.165) is 11.4 Å². The lowest BCUT2D eigenvalue weighted by molar-refractivity contribution is 0.825. The van der Waals surface area contributed by atoms with Gasteiger partial charge in [0, 0.05) is 6.20 Å². The summed E-state index contributed by atoms with van der Waals surface area (Å²) < 4.78 is 0. The van der Waals surface area contributed by atoms with Crippen molar-refractivity contribution in [1.82, 2.24) is 10.2 Å². The highest BCUT2D eigenvalue weighted by atomic mass is 15.1. The second kappa shape index (κ2) is 4.49. The van der Waals surface area contributed by atoms with Crippen LogP contribution in [0.3, 0.4) is 0 Å². The highest BCUT2D eigenvalue weighted by molar-refractivity contribution is 5.57. The molecule has 1 unspecified atom stereocenters. The molecule has 16 heavy (non-hydrogen) atoms. The van der Waals surface area contributed by atoms with E-state index in [2.05, 4.69) is 21.6 Å². The van der Waals surface area contributed by atoms with Gasteiger partial charge in [0.15, 0.2) is 0 Å². The van der Waals surface area contributed by atoms with Crippen molar-refractivity contribution in [1.29, 1.82) is 5.26 Å². The molecule has 0 saturated heterocycles. The number of hydrogen-bond acceptors (Lipinski definition) is 3. The minimum Gasteiger partial charge on any atom is -0.376 e. The van der Waals surface area contributed by atoms with Crippen molar-refractivity contribution in [3.63, 3.8) is 0 Å². The van der Waals surface area contributed by atoms with E-state index in [0.29, 0.717) is 5.56 Å². The third-order valence-corrected chi connectivity index (χ3v) is 2.41. The molecular formula is C12H12N4. The quantitative estimate of drug-likeness (QED) is 0.821. The standard InChI is InChI=1S/C12H12N4/c1-9(11-6-7-14-16-11)15-12-5-3-2-4-10(12)8-13/h2-7,9,15H,1H3,(H,14,16). The smallest absolute Gasteiger partial charge is 0.101 e. The van der Waals surface area contributed by atoms with Gasteiger partial charge in [-0.2, -0.15) is 10.4 Å². The van der Waals surface area contributed by atoms with Crippen LogP contribution >= 0.6 is 0 Å². The van der Waals surface area contributed by atoms with Crippen molar-refractivity contribution in [2.45, 2.75) is 13.0 Å². The average Bonchev–Trinajstić information content (AvgIpc) is 2.83. The molecule has 4 nitrogen and oxygen atoms in total. The Hall–Kier alpha value is -2.28. The fourth-order valence-electron chi connectivity index (χ4n) is 1.53. The molecule has 2 rings (SSSR count). The van der Waals surface area contributed by atoms with Crippen LogP contribution in [0.15, 0.2) is 36.5 Å². The molecule has 0 fully saturated rings. The molecule has 0 aliphatic rings. The van der Waals surface area contributed by atoms with Crippen LogP contribution in [-0.2, 0) is 0 Å². The number of H-pyrrole nitrogens is 1. The predicted molar refractivity (Wildman–Crippen MR) is 61.8 cm³/mol. The molecule has 1 atom stereocenters. The predicted octanol–water partition coefficient (Wildman–Crippen LogP) is 2.45. The van der Waals surface area contributed by atoms with Crippen LogP contribution in [0.4, 0.5) is 5.69 Å². The zero-order chi connectivity index (χ0) is 11.4. The molecule has 4 heteroatoms. The number of aromatic amines is 1. The van der Waals surface area contributed by atoms with E-state index in [4.69, 9.17) is 5.26 Å². The molecule has 0 bridgehead atoms. The van der Waals surface area contributed by atoms with Crippen molar-refractivity contribution >= 4 is 5.69 Å². The molecular weight excluding hydrogens is 200 g/mol. The van der Waals surface area contributed by atoms with Crippen molar-refractivity contribution in [3.05, 3.63) is 47.8 Å². The number of para-hydroxylation sites is 1. The third kappa shape index (κ3) is 2.04. The van der Waals surface area contributed by atoms with Gasteiger partial charge < -0.3 is 5.32 Å². The van der Waals surface area contributed by atoms with Gasteiger partial charge in [-0.15, -0.1) is 0 Å². The van der Waals surface area contributed by atoms with Crippen molar-refractivity contribution in [2.24, 2.45) is 0 Å². The summed E-state index contributed by atoms with van der Waals surface area (Å²) in [5.41, 5.74) is 2.48. The number of nitrogens with one attached hydrogen (secondary N) is 2. The fraction of sp³-hybridized carbons (Fsp3) is 0.167. The third-order valence-electron chi connectivity index (χ3n) is 2.41. The van der Waals surface area contributed by atoms with E-state index in [1.54, 1.807) is 12.3 Å². The number of nitrogens with zero attached hydrogens (tertiary/aromatic N) is 2. The minimum atomic E-state index is 0.0944. The molecule has 80 valence electrons. The SMILES string of the molecule is CC(Nc1ccccc1C#N)c1ccn[nH]1. The molecule has 0 saturated carbocycles. The van der Waals surface area contributed by atoms with E-state index in [1.165, 1.54) is 0 Å². The first kappa shape index (κ1) is 10.2. The minimum absolute atomic E-state index is 0.0944. The topological polar surface area (TPSA) is 64.5 Å². The van der Waals surface area contributed by atoms with Crippen molar-refractivity contribution in [3.8, 4) is 6.07 Å². The van der Waals surface area contributed by atoms with Crippen LogP contribution in [0.2, 0.25) is 0 Å². The van der Waals surface area contributed by atoms with Gasteiger partial charge in [0.1, 0.15) is 6.07 Å². The number of rotatable bonds is 3. The normalized spacial score (nSPS) is 11.8. The van der Waals surface area contributed by atoms with Crippen LogP contribution in [0.1, 0.15) is 24.2 Å². The molecule has 1 aromatic heterocycles. The lowest BCUT2D eigenvalue weighted by atomic mass is 10.1. The Morgan fingerprint density at radius 2 is 2.19 bits per heavy atom. The van der Waals surface area contributed by atoms with Crippen LogP contribution in [0, 0.1) is 11.3 Å². The zero-order valence-electron chi connectivity index (χ0n) is 8.94. The number of nitriles is 1. The van der Waals surface area contributed by atoms with Gasteiger partial charge in [-0.1, -0.05) is 12.1 Å². The van der Waals surface area contributed by atoms with Crippen LogP contribution in [-0.4, -0.2) is 10.2 Å². The molecule has 1 aromatic carbocycles. The maximum atomic E-state index is 8.95.